The molecule has 1 N–H and O–H groups in total. The molecule has 0 spiro atoms. The number of carbonyl (C=O) groups excluding carboxylic acids is 1. The van der Waals surface area contributed by atoms with E-state index in [1.807, 2.05) is 0 Å². The lowest BCUT2D eigenvalue weighted by Gasteiger charge is -2.08. The van der Waals surface area contributed by atoms with Crippen molar-refractivity contribution in [1.82, 2.24) is 9.97 Å². The van der Waals surface area contributed by atoms with E-state index in [1.165, 1.54) is 19.5 Å². The molecule has 1 rings (SSSR count). The smallest absolute Gasteiger partial charge is 0.316 e. The van der Waals surface area contributed by atoms with Gasteiger partial charge in [0.1, 0.15) is 0 Å². The molecule has 0 bridgehead atoms. The van der Waals surface area contributed by atoms with Crippen molar-refractivity contribution in [2.75, 3.05) is 18.3 Å². The Labute approximate surface area is 92.8 Å². The van der Waals surface area contributed by atoms with E-state index in [0.29, 0.717) is 5.69 Å². The van der Waals surface area contributed by atoms with Crippen molar-refractivity contribution < 1.29 is 9.53 Å². The summed E-state index contributed by atoms with van der Waals surface area (Å²) in [5.74, 6) is -0.115. The highest BCUT2D eigenvalue weighted by molar-refractivity contribution is 6.19. The maximum absolute atomic E-state index is 11.4. The number of rotatable bonds is 4. The van der Waals surface area contributed by atoms with Gasteiger partial charge in [0.25, 0.3) is 0 Å². The lowest BCUT2D eigenvalue weighted by molar-refractivity contribution is -0.118. The molecule has 0 saturated carbocycles. The average molecular weight is 230 g/mol. The lowest BCUT2D eigenvalue weighted by atomic mass is 10.2. The van der Waals surface area contributed by atoms with Crippen LogP contribution in [0.25, 0.3) is 0 Å². The van der Waals surface area contributed by atoms with Gasteiger partial charge in [0.2, 0.25) is 5.91 Å². The number of alkyl halides is 1. The Morgan fingerprint density at radius 2 is 2.20 bits per heavy atom. The number of hydrogen-bond donors (Lipinski definition) is 1. The normalized spacial score (nSPS) is 11.9. The number of aromatic nitrogens is 2. The maximum Gasteiger partial charge on any atom is 0.316 e. The number of nitrogens with one attached hydrogen (secondary N) is 1. The van der Waals surface area contributed by atoms with Crippen LogP contribution in [-0.4, -0.2) is 28.9 Å². The van der Waals surface area contributed by atoms with Gasteiger partial charge in [0.15, 0.2) is 0 Å². The van der Waals surface area contributed by atoms with E-state index in [2.05, 4.69) is 15.3 Å². The summed E-state index contributed by atoms with van der Waals surface area (Å²) in [5.41, 5.74) is 0.526. The lowest BCUT2D eigenvalue weighted by Crippen LogP contribution is -2.21. The van der Waals surface area contributed by atoms with Crippen molar-refractivity contribution in [3.63, 3.8) is 0 Å². The third-order valence-corrected chi connectivity index (χ3v) is 2.22. The topological polar surface area (TPSA) is 64.1 Å². The van der Waals surface area contributed by atoms with Crippen molar-refractivity contribution in [2.24, 2.45) is 5.92 Å². The summed E-state index contributed by atoms with van der Waals surface area (Å²) >= 11 is 5.55. The van der Waals surface area contributed by atoms with Crippen LogP contribution in [0, 0.1) is 5.92 Å². The van der Waals surface area contributed by atoms with Gasteiger partial charge in [0.05, 0.1) is 25.2 Å². The van der Waals surface area contributed by atoms with Gasteiger partial charge >= 0.3 is 6.01 Å². The van der Waals surface area contributed by atoms with Crippen molar-refractivity contribution in [2.45, 2.75) is 6.92 Å². The van der Waals surface area contributed by atoms with Crippen LogP contribution in [0.3, 0.4) is 0 Å². The fourth-order valence-corrected chi connectivity index (χ4v) is 0.962. The molecule has 0 radical (unpaired) electrons. The van der Waals surface area contributed by atoms with Gasteiger partial charge in [-0.05, 0) is 0 Å². The highest BCUT2D eigenvalue weighted by Gasteiger charge is 2.11. The van der Waals surface area contributed by atoms with Crippen LogP contribution in [0.4, 0.5) is 5.69 Å². The Hall–Kier alpha value is -1.36. The zero-order valence-corrected chi connectivity index (χ0v) is 9.28. The zero-order chi connectivity index (χ0) is 11.3. The Balaban J connectivity index is 2.61. The number of halogens is 1. The first-order chi connectivity index (χ1) is 7.17. The van der Waals surface area contributed by atoms with Gasteiger partial charge < -0.3 is 10.1 Å². The summed E-state index contributed by atoms with van der Waals surface area (Å²) in [4.78, 5) is 19.1. The molecule has 6 heteroatoms. The molecule has 0 saturated heterocycles. The largest absolute Gasteiger partial charge is 0.467 e. The van der Waals surface area contributed by atoms with Gasteiger partial charge in [-0.15, -0.1) is 11.6 Å². The zero-order valence-electron chi connectivity index (χ0n) is 8.53. The van der Waals surface area contributed by atoms with Gasteiger partial charge in [-0.1, -0.05) is 6.92 Å². The fraction of sp³-hybridized carbons (Fsp3) is 0.444. The molecule has 1 aromatic rings. The molecule has 1 heterocycles. The Morgan fingerprint density at radius 3 is 2.67 bits per heavy atom. The first-order valence-electron chi connectivity index (χ1n) is 4.40. The van der Waals surface area contributed by atoms with Crippen LogP contribution in [0.15, 0.2) is 12.4 Å². The predicted molar refractivity (Wildman–Crippen MR) is 57.1 cm³/mol. The average Bonchev–Trinajstić information content (AvgIpc) is 2.29. The minimum absolute atomic E-state index is 0.154. The van der Waals surface area contributed by atoms with Gasteiger partial charge in [0, 0.05) is 11.8 Å². The minimum atomic E-state index is -0.242. The number of ether oxygens (including phenoxy) is 1. The molecule has 82 valence electrons. The quantitative estimate of drug-likeness (QED) is 0.791. The summed E-state index contributed by atoms with van der Waals surface area (Å²) in [7, 11) is 1.48. The highest BCUT2D eigenvalue weighted by atomic mass is 35.5. The number of amides is 1. The van der Waals surface area contributed by atoms with E-state index in [1.54, 1.807) is 6.92 Å². The van der Waals surface area contributed by atoms with E-state index >= 15 is 0 Å². The Kier molecular flexibility index (Phi) is 4.30. The second-order valence-corrected chi connectivity index (χ2v) is 3.31. The van der Waals surface area contributed by atoms with E-state index < -0.39 is 0 Å². The first-order valence-corrected chi connectivity index (χ1v) is 4.93. The van der Waals surface area contributed by atoms with Crippen LogP contribution >= 0.6 is 11.6 Å². The molecule has 0 fully saturated rings. The third kappa shape index (κ3) is 3.36. The minimum Gasteiger partial charge on any atom is -0.467 e. The number of nitrogens with zero attached hydrogens (tertiary/aromatic N) is 2. The fourth-order valence-electron chi connectivity index (χ4n) is 0.822. The molecule has 5 nitrogen and oxygen atoms in total. The molecular weight excluding hydrogens is 218 g/mol. The highest BCUT2D eigenvalue weighted by Crippen LogP contribution is 2.09. The summed E-state index contributed by atoms with van der Waals surface area (Å²) in [6.07, 6.45) is 2.95. The number of anilines is 1. The van der Waals surface area contributed by atoms with E-state index in [-0.39, 0.29) is 23.7 Å². The number of carbonyl (C=O) groups is 1. The van der Waals surface area contributed by atoms with Crippen LogP contribution < -0.4 is 10.1 Å². The maximum atomic E-state index is 11.4. The summed E-state index contributed by atoms with van der Waals surface area (Å²) in [5, 5.41) is 2.64. The number of hydrogen-bond acceptors (Lipinski definition) is 4. The summed E-state index contributed by atoms with van der Waals surface area (Å²) in [6, 6.07) is 0.262. The molecule has 0 aromatic carbocycles. The van der Waals surface area contributed by atoms with E-state index in [4.69, 9.17) is 16.3 Å². The second-order valence-electron chi connectivity index (χ2n) is 3.00. The van der Waals surface area contributed by atoms with Gasteiger partial charge in [-0.2, -0.15) is 0 Å². The molecule has 1 amide bonds. The van der Waals surface area contributed by atoms with Gasteiger partial charge in [-0.25, -0.2) is 9.97 Å². The second kappa shape index (κ2) is 5.50. The van der Waals surface area contributed by atoms with Crippen molar-refractivity contribution in [3.05, 3.63) is 12.4 Å². The Morgan fingerprint density at radius 1 is 1.60 bits per heavy atom. The SMILES string of the molecule is COc1ncc(NC(=O)C(C)CCl)cn1. The van der Waals surface area contributed by atoms with Crippen molar-refractivity contribution in [3.8, 4) is 6.01 Å². The van der Waals surface area contributed by atoms with Crippen LogP contribution in [0.2, 0.25) is 0 Å². The monoisotopic (exact) mass is 229 g/mol. The number of methoxy groups -OCH3 is 1. The molecule has 0 aliphatic carbocycles. The Bertz CT molecular complexity index is 329. The van der Waals surface area contributed by atoms with E-state index in [9.17, 15) is 4.79 Å². The molecular formula is C9H12ClN3O2. The van der Waals surface area contributed by atoms with Crippen LogP contribution in [-0.2, 0) is 4.79 Å². The van der Waals surface area contributed by atoms with Crippen LogP contribution in [0.1, 0.15) is 6.92 Å². The summed E-state index contributed by atoms with van der Waals surface area (Å²) in [6.45, 7) is 1.74. The van der Waals surface area contributed by atoms with Gasteiger partial charge in [-0.3, -0.25) is 4.79 Å². The molecule has 0 aliphatic heterocycles. The molecule has 15 heavy (non-hydrogen) atoms. The molecule has 1 atom stereocenters. The standard InChI is InChI=1S/C9H12ClN3O2/c1-6(3-10)8(14)13-7-4-11-9(15-2)12-5-7/h4-6H,3H2,1-2H3,(H,13,14). The van der Waals surface area contributed by atoms with Crippen molar-refractivity contribution >= 4 is 23.2 Å². The summed E-state index contributed by atoms with van der Waals surface area (Å²) < 4.78 is 4.79. The van der Waals surface area contributed by atoms with Crippen molar-refractivity contribution in [1.29, 1.82) is 0 Å². The predicted octanol–water partition coefficient (Wildman–Crippen LogP) is 1.30. The first kappa shape index (κ1) is 11.7. The third-order valence-electron chi connectivity index (χ3n) is 1.76. The van der Waals surface area contributed by atoms with E-state index in [0.717, 1.165) is 0 Å². The molecule has 1 aromatic heterocycles. The molecule has 0 aliphatic rings. The molecule has 1 unspecified atom stereocenters. The van der Waals surface area contributed by atoms with Crippen LogP contribution in [0.5, 0.6) is 6.01 Å².